The van der Waals surface area contributed by atoms with Gasteiger partial charge in [-0.3, -0.25) is 4.79 Å². The monoisotopic (exact) mass is 367 g/mol. The van der Waals surface area contributed by atoms with Crippen LogP contribution < -0.4 is 4.74 Å². The summed E-state index contributed by atoms with van der Waals surface area (Å²) in [6, 6.07) is 6.09. The summed E-state index contributed by atoms with van der Waals surface area (Å²) in [6.07, 6.45) is 6.70. The molecular formula is C19H18FN5O2. The van der Waals surface area contributed by atoms with Crippen LogP contribution in [0.2, 0.25) is 0 Å². The average molecular weight is 367 g/mol. The first-order chi connectivity index (χ1) is 13.1. The summed E-state index contributed by atoms with van der Waals surface area (Å²) >= 11 is 0. The Bertz CT molecular complexity index is 960. The number of rotatable bonds is 4. The Morgan fingerprint density at radius 1 is 1.33 bits per heavy atom. The number of amides is 1. The van der Waals surface area contributed by atoms with Gasteiger partial charge in [0.1, 0.15) is 12.4 Å². The van der Waals surface area contributed by atoms with Gasteiger partial charge in [0.2, 0.25) is 0 Å². The lowest BCUT2D eigenvalue weighted by Crippen LogP contribution is -2.42. The molecule has 7 nitrogen and oxygen atoms in total. The van der Waals surface area contributed by atoms with Crippen LogP contribution in [0.15, 0.2) is 49.2 Å². The fourth-order valence-electron chi connectivity index (χ4n) is 3.24. The van der Waals surface area contributed by atoms with Gasteiger partial charge in [-0.25, -0.2) is 19.3 Å². The molecule has 1 aliphatic heterocycles. The van der Waals surface area contributed by atoms with Crippen LogP contribution in [-0.2, 0) is 6.54 Å². The highest BCUT2D eigenvalue weighted by molar-refractivity contribution is 5.95. The van der Waals surface area contributed by atoms with E-state index in [2.05, 4.69) is 15.0 Å². The van der Waals surface area contributed by atoms with E-state index >= 15 is 0 Å². The van der Waals surface area contributed by atoms with Crippen LogP contribution in [0.3, 0.4) is 0 Å². The molecule has 1 aliphatic rings. The Morgan fingerprint density at radius 2 is 2.15 bits per heavy atom. The van der Waals surface area contributed by atoms with Gasteiger partial charge in [-0.05, 0) is 36.8 Å². The summed E-state index contributed by atoms with van der Waals surface area (Å²) in [6.45, 7) is 2.93. The van der Waals surface area contributed by atoms with Crippen molar-refractivity contribution in [1.82, 2.24) is 24.4 Å². The predicted octanol–water partition coefficient (Wildman–Crippen LogP) is 2.40. The molecule has 0 saturated heterocycles. The van der Waals surface area contributed by atoms with Crippen LogP contribution in [0.5, 0.6) is 6.01 Å². The first-order valence-electron chi connectivity index (χ1n) is 8.58. The highest BCUT2D eigenvalue weighted by Gasteiger charge is 2.29. The standard InChI is InChI=1S/C19H18FN5O2/c1-13-7-14(20)3-4-17(13)18(26)24-9-15-8-21-12-25(15)16(10-24)11-27-19-22-5-2-6-23-19/h2-8,12,16H,9-11H2,1H3. The van der Waals surface area contributed by atoms with E-state index in [0.717, 1.165) is 5.69 Å². The number of hydrogen-bond acceptors (Lipinski definition) is 5. The van der Waals surface area contributed by atoms with Gasteiger partial charge in [-0.1, -0.05) is 0 Å². The van der Waals surface area contributed by atoms with Gasteiger partial charge in [0, 0.05) is 30.7 Å². The lowest BCUT2D eigenvalue weighted by Gasteiger charge is -2.34. The highest BCUT2D eigenvalue weighted by Crippen LogP contribution is 2.24. The van der Waals surface area contributed by atoms with E-state index in [1.807, 2.05) is 4.57 Å². The molecule has 138 valence electrons. The summed E-state index contributed by atoms with van der Waals surface area (Å²) in [4.78, 5) is 27.0. The fraction of sp³-hybridized carbons (Fsp3) is 0.263. The zero-order valence-corrected chi connectivity index (χ0v) is 14.7. The third-order valence-corrected chi connectivity index (χ3v) is 4.58. The van der Waals surface area contributed by atoms with E-state index in [4.69, 9.17) is 4.74 Å². The van der Waals surface area contributed by atoms with Crippen LogP contribution in [0.1, 0.15) is 27.7 Å². The van der Waals surface area contributed by atoms with Crippen LogP contribution in [0, 0.1) is 12.7 Å². The minimum atomic E-state index is -0.352. The minimum Gasteiger partial charge on any atom is -0.461 e. The Kier molecular flexibility index (Phi) is 4.53. The fourth-order valence-corrected chi connectivity index (χ4v) is 3.24. The van der Waals surface area contributed by atoms with Gasteiger partial charge in [0.15, 0.2) is 0 Å². The average Bonchev–Trinajstić information content (AvgIpc) is 3.15. The second-order valence-corrected chi connectivity index (χ2v) is 6.43. The van der Waals surface area contributed by atoms with E-state index in [-0.39, 0.29) is 23.8 Å². The molecule has 0 radical (unpaired) electrons. The summed E-state index contributed by atoms with van der Waals surface area (Å²) in [7, 11) is 0. The smallest absolute Gasteiger partial charge is 0.316 e. The Balaban J connectivity index is 1.54. The van der Waals surface area contributed by atoms with E-state index in [0.29, 0.717) is 30.8 Å². The van der Waals surface area contributed by atoms with Crippen LogP contribution in [-0.4, -0.2) is 43.5 Å². The summed E-state index contributed by atoms with van der Waals surface area (Å²) < 4.78 is 21.1. The third-order valence-electron chi connectivity index (χ3n) is 4.58. The molecule has 1 atom stereocenters. The van der Waals surface area contributed by atoms with Gasteiger partial charge in [0.05, 0.1) is 24.6 Å². The largest absolute Gasteiger partial charge is 0.461 e. The van der Waals surface area contributed by atoms with Gasteiger partial charge < -0.3 is 14.2 Å². The topological polar surface area (TPSA) is 73.1 Å². The maximum Gasteiger partial charge on any atom is 0.316 e. The molecular weight excluding hydrogens is 349 g/mol. The Morgan fingerprint density at radius 3 is 2.93 bits per heavy atom. The molecule has 0 aliphatic carbocycles. The molecule has 0 bridgehead atoms. The molecule has 3 aromatic rings. The highest BCUT2D eigenvalue weighted by atomic mass is 19.1. The Hall–Kier alpha value is -3.29. The molecule has 0 spiro atoms. The van der Waals surface area contributed by atoms with Crippen molar-refractivity contribution in [1.29, 1.82) is 0 Å². The minimum absolute atomic E-state index is 0.121. The number of ether oxygens (including phenoxy) is 1. The summed E-state index contributed by atoms with van der Waals surface area (Å²) in [5.74, 6) is -0.490. The van der Waals surface area contributed by atoms with Crippen molar-refractivity contribution in [2.75, 3.05) is 13.2 Å². The van der Waals surface area contributed by atoms with Crippen LogP contribution in [0.25, 0.3) is 0 Å². The number of nitrogens with zero attached hydrogens (tertiary/aromatic N) is 5. The van der Waals surface area contributed by atoms with Gasteiger partial charge in [0.25, 0.3) is 5.91 Å². The van der Waals surface area contributed by atoms with E-state index < -0.39 is 0 Å². The van der Waals surface area contributed by atoms with E-state index in [1.165, 1.54) is 18.2 Å². The van der Waals surface area contributed by atoms with Crippen molar-refractivity contribution in [3.05, 3.63) is 71.8 Å². The van der Waals surface area contributed by atoms with Crippen molar-refractivity contribution in [2.24, 2.45) is 0 Å². The molecule has 0 N–H and O–H groups in total. The number of halogens is 1. The van der Waals surface area contributed by atoms with E-state index in [1.54, 1.807) is 42.8 Å². The van der Waals surface area contributed by atoms with Crippen LogP contribution in [0.4, 0.5) is 4.39 Å². The number of carbonyl (C=O) groups is 1. The van der Waals surface area contributed by atoms with Crippen molar-refractivity contribution in [3.63, 3.8) is 0 Å². The molecule has 4 rings (SSSR count). The Labute approximate surface area is 155 Å². The molecule has 8 heteroatoms. The number of aromatic nitrogens is 4. The quantitative estimate of drug-likeness (QED) is 0.708. The molecule has 2 aromatic heterocycles. The number of carbonyl (C=O) groups excluding carboxylic acids is 1. The third kappa shape index (κ3) is 3.51. The summed E-state index contributed by atoms with van der Waals surface area (Å²) in [5, 5.41) is 0. The zero-order chi connectivity index (χ0) is 18.8. The van der Waals surface area contributed by atoms with Crippen molar-refractivity contribution >= 4 is 5.91 Å². The van der Waals surface area contributed by atoms with Gasteiger partial charge in [-0.2, -0.15) is 0 Å². The SMILES string of the molecule is Cc1cc(F)ccc1C(=O)N1Cc2cncn2C(COc2ncccn2)C1. The van der Waals surface area contributed by atoms with Crippen LogP contribution >= 0.6 is 0 Å². The molecule has 0 fully saturated rings. The molecule has 1 amide bonds. The lowest BCUT2D eigenvalue weighted by molar-refractivity contribution is 0.0643. The number of aryl methyl sites for hydroxylation is 1. The number of imidazole rings is 1. The van der Waals surface area contributed by atoms with Gasteiger partial charge in [-0.15, -0.1) is 0 Å². The molecule has 1 aromatic carbocycles. The van der Waals surface area contributed by atoms with Crippen molar-refractivity contribution in [2.45, 2.75) is 19.5 Å². The van der Waals surface area contributed by atoms with Crippen molar-refractivity contribution in [3.8, 4) is 6.01 Å². The van der Waals surface area contributed by atoms with Gasteiger partial charge >= 0.3 is 6.01 Å². The molecule has 0 saturated carbocycles. The molecule has 27 heavy (non-hydrogen) atoms. The second-order valence-electron chi connectivity index (χ2n) is 6.43. The molecule has 3 heterocycles. The summed E-state index contributed by atoms with van der Waals surface area (Å²) in [5.41, 5.74) is 2.02. The maximum atomic E-state index is 13.4. The van der Waals surface area contributed by atoms with Crippen molar-refractivity contribution < 1.29 is 13.9 Å². The maximum absolute atomic E-state index is 13.4. The number of benzene rings is 1. The van der Waals surface area contributed by atoms with E-state index in [9.17, 15) is 9.18 Å². The normalized spacial score (nSPS) is 16.1. The lowest BCUT2D eigenvalue weighted by atomic mass is 10.1. The number of fused-ring (bicyclic) bond motifs is 1. The number of hydrogen-bond donors (Lipinski definition) is 0. The predicted molar refractivity (Wildman–Crippen MR) is 94.7 cm³/mol. The first kappa shape index (κ1) is 17.1. The second kappa shape index (κ2) is 7.14. The first-order valence-corrected chi connectivity index (χ1v) is 8.58. The zero-order valence-electron chi connectivity index (χ0n) is 14.7. The molecule has 1 unspecified atom stereocenters.